The Balaban J connectivity index is 1.54. The summed E-state index contributed by atoms with van der Waals surface area (Å²) < 4.78 is 13.4. The summed E-state index contributed by atoms with van der Waals surface area (Å²) >= 11 is 0. The maximum atomic E-state index is 13.4. The minimum atomic E-state index is -0.333. The molecule has 138 valence electrons. The van der Waals surface area contributed by atoms with Gasteiger partial charge in [-0.05, 0) is 55.7 Å². The fourth-order valence-corrected chi connectivity index (χ4v) is 3.47. The van der Waals surface area contributed by atoms with Gasteiger partial charge in [0.1, 0.15) is 5.82 Å². The van der Waals surface area contributed by atoms with Gasteiger partial charge >= 0.3 is 0 Å². The van der Waals surface area contributed by atoms with Crippen molar-refractivity contribution in [1.82, 2.24) is 0 Å². The van der Waals surface area contributed by atoms with E-state index in [0.717, 1.165) is 31.7 Å². The molecule has 0 aromatic heterocycles. The number of nitrogens with zero attached hydrogens (tertiary/aromatic N) is 1. The van der Waals surface area contributed by atoms with Gasteiger partial charge in [-0.2, -0.15) is 0 Å². The summed E-state index contributed by atoms with van der Waals surface area (Å²) in [5.41, 5.74) is 5.36. The molecule has 0 bridgehead atoms. The predicted molar refractivity (Wildman–Crippen MR) is 103 cm³/mol. The predicted octanol–water partition coefficient (Wildman–Crippen LogP) is 2.09. The number of nitrogens with one attached hydrogen (secondary N) is 2. The van der Waals surface area contributed by atoms with E-state index in [1.807, 2.05) is 6.92 Å². The van der Waals surface area contributed by atoms with E-state index < -0.39 is 0 Å². The van der Waals surface area contributed by atoms with E-state index in [4.69, 9.17) is 0 Å². The number of amides is 1. The molecule has 0 atom stereocenters. The molecule has 1 aliphatic rings. The Labute approximate surface area is 154 Å². The molecular weight excluding hydrogens is 329 g/mol. The Morgan fingerprint density at radius 1 is 1.12 bits per heavy atom. The number of aryl methyl sites for hydroxylation is 2. The zero-order valence-electron chi connectivity index (χ0n) is 15.7. The van der Waals surface area contributed by atoms with Gasteiger partial charge in [0.05, 0.1) is 26.2 Å². The zero-order chi connectivity index (χ0) is 18.7. The summed E-state index contributed by atoms with van der Waals surface area (Å²) in [5, 5.41) is 2.84. The summed E-state index contributed by atoms with van der Waals surface area (Å²) in [6.07, 6.45) is 0. The maximum absolute atomic E-state index is 13.4. The highest BCUT2D eigenvalue weighted by Gasteiger charge is 2.23. The average molecular weight is 356 g/mol. The van der Waals surface area contributed by atoms with Crippen LogP contribution >= 0.6 is 0 Å². The highest BCUT2D eigenvalue weighted by Crippen LogP contribution is 2.22. The summed E-state index contributed by atoms with van der Waals surface area (Å²) in [5.74, 6) is -0.394. The molecule has 2 aromatic carbocycles. The number of rotatable bonds is 4. The van der Waals surface area contributed by atoms with Crippen molar-refractivity contribution in [1.29, 1.82) is 0 Å². The largest absolute Gasteiger partial charge is 0.360 e. The first kappa shape index (κ1) is 18.4. The molecule has 26 heavy (non-hydrogen) atoms. The first-order valence-corrected chi connectivity index (χ1v) is 9.15. The van der Waals surface area contributed by atoms with Crippen LogP contribution in [0.4, 0.5) is 15.8 Å². The summed E-state index contributed by atoms with van der Waals surface area (Å²) in [6, 6.07) is 10.9. The highest BCUT2D eigenvalue weighted by molar-refractivity contribution is 5.92. The topological polar surface area (TPSA) is 36.8 Å². The van der Waals surface area contributed by atoms with E-state index in [0.29, 0.717) is 12.2 Å². The van der Waals surface area contributed by atoms with Crippen molar-refractivity contribution in [3.05, 3.63) is 58.9 Å². The third-order valence-corrected chi connectivity index (χ3v) is 5.27. The molecule has 0 aliphatic carbocycles. The fourth-order valence-electron chi connectivity index (χ4n) is 3.47. The molecule has 2 N–H and O–H groups in total. The van der Waals surface area contributed by atoms with Crippen LogP contribution in [0.1, 0.15) is 16.7 Å². The van der Waals surface area contributed by atoms with Gasteiger partial charge in [0.2, 0.25) is 0 Å². The molecule has 0 radical (unpaired) electrons. The number of quaternary nitrogens is 1. The van der Waals surface area contributed by atoms with Crippen LogP contribution in [0.25, 0.3) is 0 Å². The van der Waals surface area contributed by atoms with Crippen LogP contribution < -0.4 is 15.1 Å². The summed E-state index contributed by atoms with van der Waals surface area (Å²) in [4.78, 5) is 16.0. The third-order valence-electron chi connectivity index (χ3n) is 5.27. The SMILES string of the molecule is Cc1ccc(F)cc1NC(=O)C[NH+]1CCN(c2cccc(C)c2C)CC1. The first-order valence-electron chi connectivity index (χ1n) is 9.15. The van der Waals surface area contributed by atoms with Crippen LogP contribution in [0.15, 0.2) is 36.4 Å². The van der Waals surface area contributed by atoms with Crippen molar-refractivity contribution in [2.45, 2.75) is 20.8 Å². The van der Waals surface area contributed by atoms with Crippen LogP contribution in [-0.2, 0) is 4.79 Å². The van der Waals surface area contributed by atoms with Crippen LogP contribution in [0, 0.1) is 26.6 Å². The van der Waals surface area contributed by atoms with Gasteiger partial charge in [-0.15, -0.1) is 0 Å². The van der Waals surface area contributed by atoms with Crippen LogP contribution in [0.5, 0.6) is 0 Å². The maximum Gasteiger partial charge on any atom is 0.279 e. The lowest BCUT2D eigenvalue weighted by Crippen LogP contribution is -3.15. The average Bonchev–Trinajstić information content (AvgIpc) is 2.61. The molecule has 4 nitrogen and oxygen atoms in total. The number of anilines is 2. The standard InChI is InChI=1S/C21H26FN3O/c1-15-5-4-6-20(17(15)3)25-11-9-24(10-12-25)14-21(26)23-19-13-18(22)8-7-16(19)2/h4-8,13H,9-12,14H2,1-3H3,(H,23,26)/p+1. The van der Waals surface area contributed by atoms with E-state index in [1.54, 1.807) is 6.07 Å². The Morgan fingerprint density at radius 2 is 1.85 bits per heavy atom. The first-order chi connectivity index (χ1) is 12.4. The second-order valence-electron chi connectivity index (χ2n) is 7.14. The van der Waals surface area contributed by atoms with Gasteiger partial charge in [-0.25, -0.2) is 4.39 Å². The number of carbonyl (C=O) groups excluding carboxylic acids is 1. The van der Waals surface area contributed by atoms with Crippen molar-refractivity contribution in [3.63, 3.8) is 0 Å². The Morgan fingerprint density at radius 3 is 2.58 bits per heavy atom. The minimum Gasteiger partial charge on any atom is -0.360 e. The second kappa shape index (κ2) is 7.87. The van der Waals surface area contributed by atoms with E-state index in [-0.39, 0.29) is 11.7 Å². The molecule has 5 heteroatoms. The van der Waals surface area contributed by atoms with Gasteiger partial charge in [-0.3, -0.25) is 4.79 Å². The smallest absolute Gasteiger partial charge is 0.279 e. The van der Waals surface area contributed by atoms with E-state index in [1.165, 1.54) is 33.8 Å². The monoisotopic (exact) mass is 356 g/mol. The van der Waals surface area contributed by atoms with Crippen LogP contribution in [-0.4, -0.2) is 38.6 Å². The van der Waals surface area contributed by atoms with Gasteiger partial charge in [0, 0.05) is 11.4 Å². The second-order valence-corrected chi connectivity index (χ2v) is 7.14. The number of piperazine rings is 1. The van der Waals surface area contributed by atoms with Crippen molar-refractivity contribution in [2.75, 3.05) is 42.9 Å². The lowest BCUT2D eigenvalue weighted by Gasteiger charge is -2.34. The zero-order valence-corrected chi connectivity index (χ0v) is 15.7. The quantitative estimate of drug-likeness (QED) is 0.880. The number of hydrogen-bond acceptors (Lipinski definition) is 2. The Kier molecular flexibility index (Phi) is 5.57. The Hall–Kier alpha value is -2.40. The summed E-state index contributed by atoms with van der Waals surface area (Å²) in [6.45, 7) is 10.3. The lowest BCUT2D eigenvalue weighted by atomic mass is 10.1. The molecule has 2 aromatic rings. The molecule has 1 amide bonds. The van der Waals surface area contributed by atoms with Gasteiger partial charge in [-0.1, -0.05) is 18.2 Å². The van der Waals surface area contributed by atoms with Crippen molar-refractivity contribution in [3.8, 4) is 0 Å². The minimum absolute atomic E-state index is 0.0612. The van der Waals surface area contributed by atoms with Crippen molar-refractivity contribution >= 4 is 17.3 Å². The number of benzene rings is 2. The number of halogens is 1. The van der Waals surface area contributed by atoms with Crippen molar-refractivity contribution < 1.29 is 14.1 Å². The Bertz CT molecular complexity index is 798. The lowest BCUT2D eigenvalue weighted by molar-refractivity contribution is -0.892. The van der Waals surface area contributed by atoms with Crippen molar-refractivity contribution in [2.24, 2.45) is 0 Å². The molecule has 1 saturated heterocycles. The molecular formula is C21H27FN3O+. The molecule has 0 unspecified atom stereocenters. The van der Waals surface area contributed by atoms with Gasteiger partial charge < -0.3 is 15.1 Å². The van der Waals surface area contributed by atoms with E-state index in [9.17, 15) is 9.18 Å². The molecule has 3 rings (SSSR count). The van der Waals surface area contributed by atoms with E-state index >= 15 is 0 Å². The molecule has 0 spiro atoms. The normalized spacial score (nSPS) is 15.2. The van der Waals surface area contributed by atoms with Gasteiger partial charge in [0.25, 0.3) is 5.91 Å². The molecule has 1 heterocycles. The fraction of sp³-hybridized carbons (Fsp3) is 0.381. The molecule has 1 fully saturated rings. The summed E-state index contributed by atoms with van der Waals surface area (Å²) in [7, 11) is 0. The molecule has 0 saturated carbocycles. The van der Waals surface area contributed by atoms with Crippen LogP contribution in [0.2, 0.25) is 0 Å². The number of carbonyl (C=O) groups is 1. The highest BCUT2D eigenvalue weighted by atomic mass is 19.1. The van der Waals surface area contributed by atoms with Gasteiger partial charge in [0.15, 0.2) is 6.54 Å². The number of hydrogen-bond donors (Lipinski definition) is 2. The van der Waals surface area contributed by atoms with E-state index in [2.05, 4.69) is 42.3 Å². The molecule has 1 aliphatic heterocycles. The third kappa shape index (κ3) is 4.22. The van der Waals surface area contributed by atoms with Crippen LogP contribution in [0.3, 0.4) is 0 Å².